The number of carbonyl (C=O) groups is 1. The van der Waals surface area contributed by atoms with Crippen molar-refractivity contribution < 1.29 is 19.0 Å². The van der Waals surface area contributed by atoms with Crippen LogP contribution in [-0.4, -0.2) is 18.0 Å². The van der Waals surface area contributed by atoms with E-state index in [1.807, 2.05) is 0 Å². The van der Waals surface area contributed by atoms with E-state index < -0.39 is 8.03 Å². The molecule has 0 aromatic heterocycles. The van der Waals surface area contributed by atoms with Crippen LogP contribution in [0.1, 0.15) is 12.0 Å². The Kier molecular flexibility index (Phi) is 4.53. The summed E-state index contributed by atoms with van der Waals surface area (Å²) in [6.45, 7) is 0. The van der Waals surface area contributed by atoms with Gasteiger partial charge in [0.2, 0.25) is 8.03 Å². The van der Waals surface area contributed by atoms with E-state index in [4.69, 9.17) is 4.89 Å². The first-order chi connectivity index (χ1) is 7.15. The molecule has 1 aromatic rings. The molecule has 0 aliphatic heterocycles. The number of hydrogen-bond donors (Lipinski definition) is 1. The molecule has 0 radical (unpaired) electrons. The summed E-state index contributed by atoms with van der Waals surface area (Å²) in [5, 5.41) is 0.423. The Morgan fingerprint density at radius 1 is 1.47 bits per heavy atom. The average Bonchev–Trinajstić information content (AvgIpc) is 2.26. The van der Waals surface area contributed by atoms with Gasteiger partial charge in [0.15, 0.2) is 0 Å². The number of ether oxygens (including phenoxy) is 1. The maximum atomic E-state index is 11.0. The molecular formula is C10H13O4P. The van der Waals surface area contributed by atoms with Crippen LogP contribution in [0.3, 0.4) is 0 Å². The molecule has 1 unspecified atom stereocenters. The van der Waals surface area contributed by atoms with Crippen LogP contribution in [0.15, 0.2) is 24.3 Å². The Morgan fingerprint density at radius 2 is 2.13 bits per heavy atom. The van der Waals surface area contributed by atoms with Gasteiger partial charge in [-0.05, 0) is 18.1 Å². The first-order valence-corrected chi connectivity index (χ1v) is 5.88. The van der Waals surface area contributed by atoms with E-state index in [1.165, 1.54) is 7.11 Å². The number of methoxy groups -OCH3 is 1. The van der Waals surface area contributed by atoms with Crippen LogP contribution in [0.2, 0.25) is 0 Å². The first-order valence-electron chi connectivity index (χ1n) is 4.53. The zero-order valence-corrected chi connectivity index (χ0v) is 9.40. The number of benzene rings is 1. The molecule has 82 valence electrons. The molecule has 0 aliphatic carbocycles. The lowest BCUT2D eigenvalue weighted by molar-refractivity contribution is -0.140. The first kappa shape index (κ1) is 12.0. The zero-order valence-electron chi connectivity index (χ0n) is 8.40. The molecule has 1 aromatic carbocycles. The lowest BCUT2D eigenvalue weighted by atomic mass is 10.1. The second-order valence-electron chi connectivity index (χ2n) is 3.04. The molecule has 1 rings (SSSR count). The van der Waals surface area contributed by atoms with Crippen LogP contribution in [-0.2, 0) is 20.5 Å². The summed E-state index contributed by atoms with van der Waals surface area (Å²) in [6, 6.07) is 6.83. The van der Waals surface area contributed by atoms with E-state index in [0.29, 0.717) is 11.7 Å². The van der Waals surface area contributed by atoms with Crippen molar-refractivity contribution in [1.29, 1.82) is 0 Å². The van der Waals surface area contributed by atoms with Crippen molar-refractivity contribution in [3.8, 4) is 0 Å². The van der Waals surface area contributed by atoms with Gasteiger partial charge in [-0.15, -0.1) is 0 Å². The number of esters is 1. The molecule has 15 heavy (non-hydrogen) atoms. The van der Waals surface area contributed by atoms with Gasteiger partial charge in [-0.1, -0.05) is 18.2 Å². The van der Waals surface area contributed by atoms with Gasteiger partial charge in [0.25, 0.3) is 0 Å². The van der Waals surface area contributed by atoms with E-state index >= 15 is 0 Å². The molecule has 0 spiro atoms. The highest BCUT2D eigenvalue weighted by atomic mass is 31.1. The van der Waals surface area contributed by atoms with Crippen LogP contribution in [0.4, 0.5) is 0 Å². The van der Waals surface area contributed by atoms with Crippen molar-refractivity contribution in [3.05, 3.63) is 29.8 Å². The summed E-state index contributed by atoms with van der Waals surface area (Å²) in [5.41, 5.74) is 0.731. The van der Waals surface area contributed by atoms with E-state index in [0.717, 1.165) is 5.56 Å². The topological polar surface area (TPSA) is 63.6 Å². The molecule has 1 N–H and O–H groups in total. The van der Waals surface area contributed by atoms with Crippen molar-refractivity contribution >= 4 is 19.3 Å². The van der Waals surface area contributed by atoms with Gasteiger partial charge in [0.05, 0.1) is 7.11 Å². The Morgan fingerprint density at radius 3 is 2.73 bits per heavy atom. The lowest BCUT2D eigenvalue weighted by Crippen LogP contribution is -2.09. The standard InChI is InChI=1S/C10H13O4P/c1-14-10(11)7-6-8-4-2-3-5-9(8)15(12)13/h2-5,15H,6-7H2,1H3,(H,12,13). The van der Waals surface area contributed by atoms with E-state index in [9.17, 15) is 9.36 Å². The van der Waals surface area contributed by atoms with Crippen molar-refractivity contribution in [1.82, 2.24) is 0 Å². The molecule has 0 aliphatic rings. The summed E-state index contributed by atoms with van der Waals surface area (Å²) < 4.78 is 15.5. The summed E-state index contributed by atoms with van der Waals surface area (Å²) in [5.74, 6) is -0.317. The number of rotatable bonds is 4. The Bertz CT molecular complexity index is 375. The van der Waals surface area contributed by atoms with Gasteiger partial charge in [0.1, 0.15) is 0 Å². The van der Waals surface area contributed by atoms with Gasteiger partial charge < -0.3 is 9.63 Å². The predicted octanol–water partition coefficient (Wildman–Crippen LogP) is 0.884. The molecule has 5 heteroatoms. The number of carbonyl (C=O) groups excluding carboxylic acids is 1. The fraction of sp³-hybridized carbons (Fsp3) is 0.300. The van der Waals surface area contributed by atoms with Gasteiger partial charge in [-0.2, -0.15) is 0 Å². The van der Waals surface area contributed by atoms with E-state index in [2.05, 4.69) is 4.74 Å². The van der Waals surface area contributed by atoms with Gasteiger partial charge >= 0.3 is 5.97 Å². The highest BCUT2D eigenvalue weighted by Gasteiger charge is 2.08. The van der Waals surface area contributed by atoms with Gasteiger partial charge in [-0.25, -0.2) is 0 Å². The normalized spacial score (nSPS) is 12.1. The SMILES string of the molecule is COC(=O)CCc1ccccc1[PH](=O)O. The van der Waals surface area contributed by atoms with Gasteiger partial charge in [0, 0.05) is 11.7 Å². The second-order valence-corrected chi connectivity index (χ2v) is 4.19. The van der Waals surface area contributed by atoms with Crippen molar-refractivity contribution in [2.75, 3.05) is 7.11 Å². The monoisotopic (exact) mass is 228 g/mol. The molecular weight excluding hydrogens is 215 g/mol. The molecule has 0 saturated carbocycles. The highest BCUT2D eigenvalue weighted by molar-refractivity contribution is 7.47. The lowest BCUT2D eigenvalue weighted by Gasteiger charge is -2.05. The second kappa shape index (κ2) is 5.69. The Labute approximate surface area is 88.8 Å². The minimum absolute atomic E-state index is 0.225. The molecule has 4 nitrogen and oxygen atoms in total. The van der Waals surface area contributed by atoms with Crippen LogP contribution in [0.5, 0.6) is 0 Å². The maximum Gasteiger partial charge on any atom is 0.305 e. The third-order valence-corrected chi connectivity index (χ3v) is 3.02. The largest absolute Gasteiger partial charge is 0.469 e. The quantitative estimate of drug-likeness (QED) is 0.614. The van der Waals surface area contributed by atoms with Gasteiger partial charge in [-0.3, -0.25) is 9.36 Å². The minimum atomic E-state index is -2.70. The molecule has 1 atom stereocenters. The molecule has 0 bridgehead atoms. The van der Waals surface area contributed by atoms with Crippen molar-refractivity contribution in [2.45, 2.75) is 12.8 Å². The molecule has 0 fully saturated rings. The zero-order chi connectivity index (χ0) is 11.3. The van der Waals surface area contributed by atoms with E-state index in [-0.39, 0.29) is 12.4 Å². The number of aryl methyl sites for hydroxylation is 1. The average molecular weight is 228 g/mol. The third-order valence-electron chi connectivity index (χ3n) is 2.07. The summed E-state index contributed by atoms with van der Waals surface area (Å²) in [4.78, 5) is 20.0. The fourth-order valence-corrected chi connectivity index (χ4v) is 2.01. The highest BCUT2D eigenvalue weighted by Crippen LogP contribution is 2.17. The van der Waals surface area contributed by atoms with E-state index in [1.54, 1.807) is 24.3 Å². The Balaban J connectivity index is 2.76. The predicted molar refractivity (Wildman–Crippen MR) is 57.6 cm³/mol. The Hall–Kier alpha value is -1.12. The van der Waals surface area contributed by atoms with Crippen LogP contribution in [0, 0.1) is 0 Å². The smallest absolute Gasteiger partial charge is 0.305 e. The number of hydrogen-bond acceptors (Lipinski definition) is 3. The summed E-state index contributed by atoms with van der Waals surface area (Å²) in [6.07, 6.45) is 0.655. The molecule has 0 amide bonds. The maximum absolute atomic E-state index is 11.0. The van der Waals surface area contributed by atoms with Crippen molar-refractivity contribution in [2.24, 2.45) is 0 Å². The molecule has 0 saturated heterocycles. The van der Waals surface area contributed by atoms with Crippen LogP contribution in [0.25, 0.3) is 0 Å². The third kappa shape index (κ3) is 3.50. The van der Waals surface area contributed by atoms with Crippen LogP contribution < -0.4 is 5.30 Å². The molecule has 0 heterocycles. The fourth-order valence-electron chi connectivity index (χ4n) is 1.29. The van der Waals surface area contributed by atoms with Crippen molar-refractivity contribution in [3.63, 3.8) is 0 Å². The summed E-state index contributed by atoms with van der Waals surface area (Å²) in [7, 11) is -1.38. The summed E-state index contributed by atoms with van der Waals surface area (Å²) >= 11 is 0. The minimum Gasteiger partial charge on any atom is -0.469 e. The van der Waals surface area contributed by atoms with Crippen LogP contribution >= 0.6 is 8.03 Å².